The minimum Gasteiger partial charge on any atom is -0.478 e. The quantitative estimate of drug-likeness (QED) is 0.251. The van der Waals surface area contributed by atoms with Gasteiger partial charge in [-0.3, -0.25) is 19.4 Å². The summed E-state index contributed by atoms with van der Waals surface area (Å²) in [6.45, 7) is 0. The molecular weight excluding hydrogens is 492 g/mol. The Hall–Kier alpha value is -4.18. The van der Waals surface area contributed by atoms with Crippen LogP contribution >= 0.6 is 11.8 Å². The Kier molecular flexibility index (Phi) is 9.79. The molecule has 0 fully saturated rings. The number of para-hydroxylation sites is 1. The number of anilines is 1. The summed E-state index contributed by atoms with van der Waals surface area (Å²) in [6, 6.07) is 20.9. The number of amides is 2. The van der Waals surface area contributed by atoms with E-state index in [9.17, 15) is 24.3 Å². The molecule has 0 aliphatic carbocycles. The number of carbonyl (C=O) groups excluding carboxylic acids is 3. The van der Waals surface area contributed by atoms with E-state index in [1.807, 2.05) is 30.3 Å². The van der Waals surface area contributed by atoms with Crippen molar-refractivity contribution in [2.75, 3.05) is 11.1 Å². The lowest BCUT2D eigenvalue weighted by Gasteiger charge is -2.33. The van der Waals surface area contributed by atoms with Crippen molar-refractivity contribution in [1.29, 1.82) is 0 Å². The van der Waals surface area contributed by atoms with E-state index in [2.05, 4.69) is 15.6 Å². The van der Waals surface area contributed by atoms with E-state index in [0.29, 0.717) is 11.3 Å². The van der Waals surface area contributed by atoms with E-state index in [1.165, 1.54) is 12.4 Å². The van der Waals surface area contributed by atoms with Crippen LogP contribution in [0.4, 0.5) is 5.69 Å². The maximum absolute atomic E-state index is 13.6. The third-order valence-electron chi connectivity index (χ3n) is 5.61. The van der Waals surface area contributed by atoms with E-state index in [4.69, 9.17) is 5.73 Å². The van der Waals surface area contributed by atoms with Gasteiger partial charge in [0.1, 0.15) is 0 Å². The maximum Gasteiger partial charge on any atom is 0.350 e. The van der Waals surface area contributed by atoms with Crippen LogP contribution in [0.5, 0.6) is 0 Å². The number of nitrogens with zero attached hydrogens (tertiary/aromatic N) is 1. The summed E-state index contributed by atoms with van der Waals surface area (Å²) in [5, 5.41) is 15.5. The normalized spacial score (nSPS) is 13.1. The molecule has 0 radical (unpaired) electrons. The highest BCUT2D eigenvalue weighted by molar-refractivity contribution is 8.14. The van der Waals surface area contributed by atoms with Gasteiger partial charge in [0.15, 0.2) is 0 Å². The number of benzene rings is 2. The van der Waals surface area contributed by atoms with Gasteiger partial charge in [0, 0.05) is 42.2 Å². The van der Waals surface area contributed by atoms with E-state index in [0.717, 1.165) is 17.3 Å². The molecule has 192 valence electrons. The van der Waals surface area contributed by atoms with Gasteiger partial charge in [0.2, 0.25) is 22.6 Å². The van der Waals surface area contributed by atoms with Gasteiger partial charge in [-0.15, -0.1) is 0 Å². The van der Waals surface area contributed by atoms with Crippen LogP contribution < -0.4 is 16.4 Å². The zero-order valence-electron chi connectivity index (χ0n) is 20.0. The first-order valence-electron chi connectivity index (χ1n) is 11.6. The van der Waals surface area contributed by atoms with Crippen LogP contribution in [0.1, 0.15) is 28.8 Å². The highest BCUT2D eigenvalue weighted by Gasteiger charge is 2.42. The third-order valence-corrected chi connectivity index (χ3v) is 6.67. The second kappa shape index (κ2) is 13.2. The van der Waals surface area contributed by atoms with E-state index in [-0.39, 0.29) is 30.1 Å². The minimum absolute atomic E-state index is 0.110. The number of aliphatic carboxylic acids is 1. The number of aromatic nitrogens is 1. The molecule has 9 nitrogen and oxygen atoms in total. The van der Waals surface area contributed by atoms with Crippen molar-refractivity contribution in [1.82, 2.24) is 10.3 Å². The molecule has 0 bridgehead atoms. The molecule has 1 unspecified atom stereocenters. The lowest BCUT2D eigenvalue weighted by Crippen LogP contribution is -2.61. The highest BCUT2D eigenvalue weighted by Crippen LogP contribution is 2.23. The van der Waals surface area contributed by atoms with Crippen molar-refractivity contribution < 1.29 is 24.3 Å². The number of pyridine rings is 1. The highest BCUT2D eigenvalue weighted by atomic mass is 32.2. The maximum atomic E-state index is 13.6. The van der Waals surface area contributed by atoms with Crippen molar-refractivity contribution in [3.8, 4) is 0 Å². The SMILES string of the molecule is NC(=O)CC[C@@](NC(=O)C(CSC(=O)c1ccncc1)Cc1ccccc1)(Nc1ccccc1)C(=O)O. The van der Waals surface area contributed by atoms with Crippen LogP contribution in [0.15, 0.2) is 85.2 Å². The number of hydrogen-bond donors (Lipinski definition) is 4. The van der Waals surface area contributed by atoms with Crippen molar-refractivity contribution in [3.05, 3.63) is 96.3 Å². The fraction of sp³-hybridized carbons (Fsp3) is 0.222. The largest absolute Gasteiger partial charge is 0.478 e. The number of carboxylic acid groups (broad SMARTS) is 1. The molecule has 0 saturated heterocycles. The Morgan fingerprint density at radius 2 is 1.57 bits per heavy atom. The van der Waals surface area contributed by atoms with Crippen LogP contribution in [-0.2, 0) is 20.8 Å². The molecule has 3 aromatic rings. The van der Waals surface area contributed by atoms with E-state index >= 15 is 0 Å². The minimum atomic E-state index is -2.00. The molecule has 0 aliphatic rings. The summed E-state index contributed by atoms with van der Waals surface area (Å²) in [5.41, 5.74) is 5.05. The van der Waals surface area contributed by atoms with Crippen LogP contribution in [0.3, 0.4) is 0 Å². The molecule has 5 N–H and O–H groups in total. The second-order valence-corrected chi connectivity index (χ2v) is 9.37. The van der Waals surface area contributed by atoms with Crippen LogP contribution in [-0.4, -0.2) is 44.4 Å². The fourth-order valence-electron chi connectivity index (χ4n) is 3.63. The Balaban J connectivity index is 1.86. The van der Waals surface area contributed by atoms with E-state index < -0.39 is 29.4 Å². The number of rotatable bonds is 13. The standard InChI is InChI=1S/C27H28N4O5S/c28-23(32)11-14-27(26(35)36,30-22-9-5-2-6-10-22)31-24(33)21(17-19-7-3-1-4-8-19)18-37-25(34)20-12-15-29-16-13-20/h1-10,12-13,15-16,21,30H,11,14,17-18H2,(H2,28,32)(H,31,33)(H,35,36)/t21?,27-/m0/s1. The zero-order valence-corrected chi connectivity index (χ0v) is 20.8. The van der Waals surface area contributed by atoms with Gasteiger partial charge >= 0.3 is 5.97 Å². The van der Waals surface area contributed by atoms with Crippen molar-refractivity contribution in [3.63, 3.8) is 0 Å². The number of carboxylic acids is 1. The topological polar surface area (TPSA) is 151 Å². The summed E-state index contributed by atoms with van der Waals surface area (Å²) in [6.07, 6.45) is 2.75. The Labute approximate surface area is 218 Å². The Morgan fingerprint density at radius 1 is 0.946 bits per heavy atom. The fourth-order valence-corrected chi connectivity index (χ4v) is 4.56. The summed E-state index contributed by atoms with van der Waals surface area (Å²) < 4.78 is 0. The predicted octanol–water partition coefficient (Wildman–Crippen LogP) is 3.09. The molecule has 0 spiro atoms. The van der Waals surface area contributed by atoms with Gasteiger partial charge in [-0.05, 0) is 36.2 Å². The van der Waals surface area contributed by atoms with Crippen molar-refractivity contribution >= 4 is 40.3 Å². The number of nitrogens with two attached hydrogens (primary N) is 1. The summed E-state index contributed by atoms with van der Waals surface area (Å²) in [7, 11) is 0. The predicted molar refractivity (Wildman–Crippen MR) is 142 cm³/mol. The van der Waals surface area contributed by atoms with Gasteiger partial charge in [-0.25, -0.2) is 4.79 Å². The molecule has 0 aliphatic heterocycles. The van der Waals surface area contributed by atoms with Gasteiger partial charge in [-0.2, -0.15) is 0 Å². The molecule has 1 aromatic heterocycles. The molecule has 1 heterocycles. The smallest absolute Gasteiger partial charge is 0.350 e. The number of nitrogens with one attached hydrogen (secondary N) is 2. The molecular formula is C27H28N4O5S. The molecule has 3 rings (SSSR count). The van der Waals surface area contributed by atoms with Gasteiger partial charge in [0.05, 0.1) is 5.92 Å². The molecule has 2 atom stereocenters. The lowest BCUT2D eigenvalue weighted by molar-refractivity contribution is -0.147. The monoisotopic (exact) mass is 520 g/mol. The van der Waals surface area contributed by atoms with Crippen molar-refractivity contribution in [2.45, 2.75) is 24.9 Å². The molecule has 0 saturated carbocycles. The summed E-state index contributed by atoms with van der Waals surface area (Å²) >= 11 is 0.972. The number of carbonyl (C=O) groups is 4. The Morgan fingerprint density at radius 3 is 2.16 bits per heavy atom. The number of hydrogen-bond acceptors (Lipinski definition) is 7. The lowest BCUT2D eigenvalue weighted by atomic mass is 9.97. The first-order chi connectivity index (χ1) is 17.8. The van der Waals surface area contributed by atoms with Gasteiger partial charge in [-0.1, -0.05) is 60.3 Å². The second-order valence-electron chi connectivity index (χ2n) is 8.38. The van der Waals surface area contributed by atoms with Crippen LogP contribution in [0, 0.1) is 5.92 Å². The number of thioether (sulfide) groups is 1. The number of primary amides is 1. The third kappa shape index (κ3) is 8.18. The van der Waals surface area contributed by atoms with Crippen LogP contribution in [0.2, 0.25) is 0 Å². The van der Waals surface area contributed by atoms with Gasteiger partial charge < -0.3 is 21.5 Å². The molecule has 2 amide bonds. The summed E-state index contributed by atoms with van der Waals surface area (Å²) in [5.74, 6) is -3.28. The average Bonchev–Trinajstić information content (AvgIpc) is 2.91. The summed E-state index contributed by atoms with van der Waals surface area (Å²) in [4.78, 5) is 54.2. The molecule has 2 aromatic carbocycles. The molecule has 10 heteroatoms. The first-order valence-corrected chi connectivity index (χ1v) is 12.6. The molecule has 37 heavy (non-hydrogen) atoms. The first kappa shape index (κ1) is 27.4. The van der Waals surface area contributed by atoms with Crippen molar-refractivity contribution in [2.24, 2.45) is 11.7 Å². The van der Waals surface area contributed by atoms with E-state index in [1.54, 1.807) is 42.5 Å². The average molecular weight is 521 g/mol. The Bertz CT molecular complexity index is 1210. The zero-order chi connectivity index (χ0) is 26.7. The van der Waals surface area contributed by atoms with Gasteiger partial charge in [0.25, 0.3) is 0 Å². The van der Waals surface area contributed by atoms with Crippen LogP contribution in [0.25, 0.3) is 0 Å².